The molecule has 0 radical (unpaired) electrons. The first-order chi connectivity index (χ1) is 7.20. The summed E-state index contributed by atoms with van der Waals surface area (Å²) in [5.74, 6) is -0.0229. The third kappa shape index (κ3) is 1.70. The molecule has 2 rings (SSSR count). The molecular formula is C11H12N2O2. The second kappa shape index (κ2) is 3.73. The first-order valence-electron chi connectivity index (χ1n) is 4.85. The largest absolute Gasteiger partial charge is 0.336 e. The summed E-state index contributed by atoms with van der Waals surface area (Å²) >= 11 is 0. The van der Waals surface area contributed by atoms with Crippen LogP contribution in [0.2, 0.25) is 0 Å². The van der Waals surface area contributed by atoms with Gasteiger partial charge in [-0.3, -0.25) is 9.69 Å². The van der Waals surface area contributed by atoms with Gasteiger partial charge in [-0.2, -0.15) is 0 Å². The van der Waals surface area contributed by atoms with Crippen molar-refractivity contribution in [1.82, 2.24) is 5.32 Å². The fourth-order valence-corrected chi connectivity index (χ4v) is 1.71. The Balaban J connectivity index is 2.42. The quantitative estimate of drug-likeness (QED) is 0.740. The number of anilines is 1. The summed E-state index contributed by atoms with van der Waals surface area (Å²) in [6.07, 6.45) is 0. The Bertz CT molecular complexity index is 415. The Morgan fingerprint density at radius 1 is 1.40 bits per heavy atom. The summed E-state index contributed by atoms with van der Waals surface area (Å²) in [5, 5.41) is 2.71. The van der Waals surface area contributed by atoms with Gasteiger partial charge in [-0.25, -0.2) is 4.79 Å². The van der Waals surface area contributed by atoms with E-state index >= 15 is 0 Å². The van der Waals surface area contributed by atoms with Crippen LogP contribution < -0.4 is 10.2 Å². The van der Waals surface area contributed by atoms with E-state index in [0.29, 0.717) is 24.3 Å². The molecule has 0 bridgehead atoms. The van der Waals surface area contributed by atoms with Crippen LogP contribution in [0.25, 0.3) is 0 Å². The minimum atomic E-state index is -0.135. The average molecular weight is 204 g/mol. The summed E-state index contributed by atoms with van der Waals surface area (Å²) in [4.78, 5) is 24.4. The third-order valence-corrected chi connectivity index (χ3v) is 2.43. The van der Waals surface area contributed by atoms with Gasteiger partial charge in [0.1, 0.15) is 0 Å². The van der Waals surface area contributed by atoms with Crippen molar-refractivity contribution in [2.75, 3.05) is 18.0 Å². The van der Waals surface area contributed by atoms with Crippen molar-refractivity contribution in [3.8, 4) is 0 Å². The maximum atomic E-state index is 11.5. The van der Waals surface area contributed by atoms with Gasteiger partial charge in [0.25, 0.3) is 0 Å². The van der Waals surface area contributed by atoms with Gasteiger partial charge in [0, 0.05) is 18.7 Å². The van der Waals surface area contributed by atoms with Crippen LogP contribution in [0.5, 0.6) is 0 Å². The SMILES string of the molecule is CC(=O)c1ccccc1N1CCNC1=O. The van der Waals surface area contributed by atoms with Crippen LogP contribution in [0.4, 0.5) is 10.5 Å². The number of urea groups is 1. The van der Waals surface area contributed by atoms with Gasteiger partial charge in [0.05, 0.1) is 5.69 Å². The number of carbonyl (C=O) groups excluding carboxylic acids is 2. The van der Waals surface area contributed by atoms with Crippen molar-refractivity contribution < 1.29 is 9.59 Å². The predicted octanol–water partition coefficient (Wildman–Crippen LogP) is 1.42. The number of nitrogens with one attached hydrogen (secondary N) is 1. The third-order valence-electron chi connectivity index (χ3n) is 2.43. The van der Waals surface area contributed by atoms with E-state index < -0.39 is 0 Å². The molecule has 1 heterocycles. The molecule has 0 aromatic heterocycles. The van der Waals surface area contributed by atoms with Gasteiger partial charge in [0.15, 0.2) is 5.78 Å². The maximum Gasteiger partial charge on any atom is 0.322 e. The van der Waals surface area contributed by atoms with Crippen molar-refractivity contribution in [1.29, 1.82) is 0 Å². The lowest BCUT2D eigenvalue weighted by molar-refractivity contribution is 0.101. The van der Waals surface area contributed by atoms with Crippen LogP contribution in [-0.2, 0) is 0 Å². The molecule has 4 nitrogen and oxygen atoms in total. The van der Waals surface area contributed by atoms with Crippen molar-refractivity contribution in [3.05, 3.63) is 29.8 Å². The molecule has 1 aromatic rings. The van der Waals surface area contributed by atoms with Crippen molar-refractivity contribution in [2.24, 2.45) is 0 Å². The Morgan fingerprint density at radius 2 is 2.13 bits per heavy atom. The molecule has 1 fully saturated rings. The molecule has 4 heteroatoms. The van der Waals surface area contributed by atoms with Crippen LogP contribution in [0.15, 0.2) is 24.3 Å². The van der Waals surface area contributed by atoms with Crippen LogP contribution in [0.3, 0.4) is 0 Å². The summed E-state index contributed by atoms with van der Waals surface area (Å²) in [6.45, 7) is 2.75. The minimum Gasteiger partial charge on any atom is -0.336 e. The number of amides is 2. The maximum absolute atomic E-state index is 11.5. The zero-order chi connectivity index (χ0) is 10.8. The van der Waals surface area contributed by atoms with E-state index in [4.69, 9.17) is 0 Å². The first-order valence-corrected chi connectivity index (χ1v) is 4.85. The average Bonchev–Trinajstić information content (AvgIpc) is 2.64. The van der Waals surface area contributed by atoms with Crippen LogP contribution in [0.1, 0.15) is 17.3 Å². The van der Waals surface area contributed by atoms with Gasteiger partial charge in [0.2, 0.25) is 0 Å². The smallest absolute Gasteiger partial charge is 0.322 e. The van der Waals surface area contributed by atoms with E-state index in [1.807, 2.05) is 6.07 Å². The number of carbonyl (C=O) groups is 2. The number of hydrogen-bond acceptors (Lipinski definition) is 2. The van der Waals surface area contributed by atoms with Gasteiger partial charge in [-0.15, -0.1) is 0 Å². The van der Waals surface area contributed by atoms with Gasteiger partial charge in [-0.05, 0) is 19.1 Å². The second-order valence-corrected chi connectivity index (χ2v) is 3.46. The van der Waals surface area contributed by atoms with E-state index in [0.717, 1.165) is 0 Å². The molecule has 1 N–H and O–H groups in total. The van der Waals surface area contributed by atoms with Gasteiger partial charge >= 0.3 is 6.03 Å². The molecule has 78 valence electrons. The molecule has 1 aromatic carbocycles. The van der Waals surface area contributed by atoms with Gasteiger partial charge in [-0.1, -0.05) is 12.1 Å². The number of para-hydroxylation sites is 1. The monoisotopic (exact) mass is 204 g/mol. The number of nitrogens with zero attached hydrogens (tertiary/aromatic N) is 1. The zero-order valence-electron chi connectivity index (χ0n) is 8.49. The second-order valence-electron chi connectivity index (χ2n) is 3.46. The van der Waals surface area contributed by atoms with Crippen molar-refractivity contribution in [3.63, 3.8) is 0 Å². The standard InChI is InChI=1S/C11H12N2O2/c1-8(14)9-4-2-3-5-10(9)13-7-6-12-11(13)15/h2-5H,6-7H2,1H3,(H,12,15). The molecule has 1 aliphatic heterocycles. The highest BCUT2D eigenvalue weighted by Crippen LogP contribution is 2.22. The van der Waals surface area contributed by atoms with Crippen molar-refractivity contribution >= 4 is 17.5 Å². The Hall–Kier alpha value is -1.84. The molecule has 1 saturated heterocycles. The van der Waals surface area contributed by atoms with E-state index in [2.05, 4.69) is 5.32 Å². The van der Waals surface area contributed by atoms with Crippen LogP contribution >= 0.6 is 0 Å². The summed E-state index contributed by atoms with van der Waals surface area (Å²) in [7, 11) is 0. The topological polar surface area (TPSA) is 49.4 Å². The molecule has 0 atom stereocenters. The molecule has 15 heavy (non-hydrogen) atoms. The minimum absolute atomic E-state index is 0.0229. The number of hydrogen-bond donors (Lipinski definition) is 1. The first kappa shape index (κ1) is 9.71. The Kier molecular flexibility index (Phi) is 2.41. The lowest BCUT2D eigenvalue weighted by atomic mass is 10.1. The zero-order valence-corrected chi connectivity index (χ0v) is 8.49. The summed E-state index contributed by atoms with van der Waals surface area (Å²) in [5.41, 5.74) is 1.29. The molecule has 0 unspecified atom stereocenters. The van der Waals surface area contributed by atoms with Crippen LogP contribution in [-0.4, -0.2) is 24.9 Å². The molecule has 0 aliphatic carbocycles. The number of ketones is 1. The fraction of sp³-hybridized carbons (Fsp3) is 0.273. The number of benzene rings is 1. The number of Topliss-reactive ketones (excluding diaryl/α,β-unsaturated/α-hetero) is 1. The molecule has 2 amide bonds. The number of rotatable bonds is 2. The van der Waals surface area contributed by atoms with E-state index in [1.54, 1.807) is 23.1 Å². The molecule has 0 saturated carbocycles. The Morgan fingerprint density at radius 3 is 2.73 bits per heavy atom. The van der Waals surface area contributed by atoms with Crippen molar-refractivity contribution in [2.45, 2.75) is 6.92 Å². The highest BCUT2D eigenvalue weighted by atomic mass is 16.2. The molecule has 1 aliphatic rings. The highest BCUT2D eigenvalue weighted by molar-refractivity contribution is 6.05. The lowest BCUT2D eigenvalue weighted by Crippen LogP contribution is -2.28. The highest BCUT2D eigenvalue weighted by Gasteiger charge is 2.23. The fourth-order valence-electron chi connectivity index (χ4n) is 1.71. The molecule has 0 spiro atoms. The van der Waals surface area contributed by atoms with E-state index in [-0.39, 0.29) is 11.8 Å². The van der Waals surface area contributed by atoms with E-state index in [1.165, 1.54) is 6.92 Å². The summed E-state index contributed by atoms with van der Waals surface area (Å²) in [6, 6.07) is 7.02. The van der Waals surface area contributed by atoms with Gasteiger partial charge < -0.3 is 5.32 Å². The predicted molar refractivity (Wildman–Crippen MR) is 57.2 cm³/mol. The lowest BCUT2D eigenvalue weighted by Gasteiger charge is -2.16. The normalized spacial score (nSPS) is 15.3. The van der Waals surface area contributed by atoms with Crippen LogP contribution in [0, 0.1) is 0 Å². The Labute approximate surface area is 87.9 Å². The van der Waals surface area contributed by atoms with E-state index in [9.17, 15) is 9.59 Å². The summed E-state index contributed by atoms with van der Waals surface area (Å²) < 4.78 is 0. The molecular weight excluding hydrogens is 192 g/mol.